The number of ether oxygens (including phenoxy) is 2. The molecule has 0 spiro atoms. The van der Waals surface area contributed by atoms with E-state index in [0.29, 0.717) is 23.8 Å². The molecule has 0 bridgehead atoms. The summed E-state index contributed by atoms with van der Waals surface area (Å²) >= 11 is 0. The third kappa shape index (κ3) is 5.31. The number of hydrogen-bond donors (Lipinski definition) is 2. The van der Waals surface area contributed by atoms with Crippen LogP contribution in [0.3, 0.4) is 0 Å². The summed E-state index contributed by atoms with van der Waals surface area (Å²) in [6.07, 6.45) is 1.55. The van der Waals surface area contributed by atoms with Gasteiger partial charge >= 0.3 is 0 Å². The van der Waals surface area contributed by atoms with Crippen molar-refractivity contribution in [1.82, 2.24) is 4.98 Å². The smallest absolute Gasteiger partial charge is 0.274 e. The Morgan fingerprint density at radius 1 is 1.00 bits per heavy atom. The Labute approximate surface area is 164 Å². The Morgan fingerprint density at radius 2 is 1.71 bits per heavy atom. The Balaban J connectivity index is 1.72. The van der Waals surface area contributed by atoms with Gasteiger partial charge in [-0.05, 0) is 37.3 Å². The number of nitrogens with one attached hydrogen (secondary N) is 2. The summed E-state index contributed by atoms with van der Waals surface area (Å²) in [5, 5.41) is 6.23. The first kappa shape index (κ1) is 19.4. The van der Waals surface area contributed by atoms with Gasteiger partial charge in [0.2, 0.25) is 0 Å². The molecule has 0 aliphatic rings. The van der Waals surface area contributed by atoms with Gasteiger partial charge in [-0.3, -0.25) is 9.78 Å². The second-order valence-corrected chi connectivity index (χ2v) is 6.29. The lowest BCUT2D eigenvalue weighted by atomic mass is 10.2. The van der Waals surface area contributed by atoms with Crippen LogP contribution in [0.15, 0.2) is 72.9 Å². The standard InChI is InChI=1S/C22H23N3O3/c1-16(15-27-2)24-19-10-6-7-11-20(19)25-22(26)21-14-18(12-13-23-21)28-17-8-4-3-5-9-17/h3-14,16,24H,15H2,1-2H3,(H,25,26)/t16-/m0/s1. The first-order valence-electron chi connectivity index (χ1n) is 9.00. The van der Waals surface area contributed by atoms with Crippen molar-refractivity contribution < 1.29 is 14.3 Å². The lowest BCUT2D eigenvalue weighted by Crippen LogP contribution is -2.22. The summed E-state index contributed by atoms with van der Waals surface area (Å²) in [5.74, 6) is 0.931. The first-order chi connectivity index (χ1) is 13.7. The van der Waals surface area contributed by atoms with E-state index in [-0.39, 0.29) is 17.6 Å². The van der Waals surface area contributed by atoms with E-state index in [1.807, 2.05) is 61.5 Å². The van der Waals surface area contributed by atoms with Gasteiger partial charge in [0.1, 0.15) is 17.2 Å². The minimum absolute atomic E-state index is 0.101. The van der Waals surface area contributed by atoms with Crippen LogP contribution < -0.4 is 15.4 Å². The molecule has 3 aromatic rings. The normalized spacial score (nSPS) is 11.5. The van der Waals surface area contributed by atoms with Gasteiger partial charge in [0.05, 0.1) is 18.0 Å². The Hall–Kier alpha value is -3.38. The molecule has 2 aromatic carbocycles. The van der Waals surface area contributed by atoms with Crippen LogP contribution in [0.2, 0.25) is 0 Å². The molecule has 0 saturated carbocycles. The zero-order valence-corrected chi connectivity index (χ0v) is 15.9. The molecule has 1 amide bonds. The van der Waals surface area contributed by atoms with E-state index in [9.17, 15) is 4.79 Å². The lowest BCUT2D eigenvalue weighted by Gasteiger charge is -2.17. The van der Waals surface area contributed by atoms with E-state index in [4.69, 9.17) is 9.47 Å². The van der Waals surface area contributed by atoms with Gasteiger partial charge in [0.15, 0.2) is 0 Å². The number of carbonyl (C=O) groups is 1. The van der Waals surface area contributed by atoms with Crippen molar-refractivity contribution in [3.8, 4) is 11.5 Å². The van der Waals surface area contributed by atoms with Crippen molar-refractivity contribution in [3.05, 3.63) is 78.6 Å². The molecule has 28 heavy (non-hydrogen) atoms. The van der Waals surface area contributed by atoms with E-state index in [1.54, 1.807) is 25.4 Å². The average Bonchev–Trinajstić information content (AvgIpc) is 2.70. The molecule has 3 rings (SSSR count). The number of aromatic nitrogens is 1. The third-order valence-corrected chi connectivity index (χ3v) is 3.94. The molecule has 144 valence electrons. The number of amides is 1. The van der Waals surface area contributed by atoms with Crippen LogP contribution in [0.25, 0.3) is 0 Å². The second-order valence-electron chi connectivity index (χ2n) is 6.29. The summed E-state index contributed by atoms with van der Waals surface area (Å²) in [4.78, 5) is 16.9. The number of hydrogen-bond acceptors (Lipinski definition) is 5. The number of carbonyl (C=O) groups excluding carboxylic acids is 1. The quantitative estimate of drug-likeness (QED) is 0.601. The van der Waals surface area contributed by atoms with Gasteiger partial charge in [-0.2, -0.15) is 0 Å². The highest BCUT2D eigenvalue weighted by Gasteiger charge is 2.13. The Morgan fingerprint density at radius 3 is 2.46 bits per heavy atom. The maximum atomic E-state index is 12.7. The number of rotatable bonds is 8. The summed E-state index contributed by atoms with van der Waals surface area (Å²) in [6.45, 7) is 2.57. The molecule has 0 fully saturated rings. The molecule has 6 heteroatoms. The van der Waals surface area contributed by atoms with E-state index < -0.39 is 0 Å². The molecule has 0 aliphatic carbocycles. The van der Waals surface area contributed by atoms with Crippen LogP contribution in [0.4, 0.5) is 11.4 Å². The van der Waals surface area contributed by atoms with Gasteiger partial charge in [-0.15, -0.1) is 0 Å². The second kappa shape index (κ2) is 9.53. The van der Waals surface area contributed by atoms with Crippen molar-refractivity contribution in [2.75, 3.05) is 24.4 Å². The van der Waals surface area contributed by atoms with Gasteiger partial charge in [0, 0.05) is 25.4 Å². The SMILES string of the molecule is COC[C@H](C)Nc1ccccc1NC(=O)c1cc(Oc2ccccc2)ccn1. The van der Waals surface area contributed by atoms with E-state index >= 15 is 0 Å². The molecule has 1 heterocycles. The van der Waals surface area contributed by atoms with Gasteiger partial charge in [-0.1, -0.05) is 30.3 Å². The highest BCUT2D eigenvalue weighted by molar-refractivity contribution is 6.04. The van der Waals surface area contributed by atoms with Gasteiger partial charge < -0.3 is 20.1 Å². The summed E-state index contributed by atoms with van der Waals surface area (Å²) in [7, 11) is 1.65. The number of nitrogens with zero attached hydrogens (tertiary/aromatic N) is 1. The Bertz CT molecular complexity index is 916. The summed E-state index contributed by atoms with van der Waals surface area (Å²) in [6, 6.07) is 20.3. The van der Waals surface area contributed by atoms with Crippen molar-refractivity contribution in [3.63, 3.8) is 0 Å². The van der Waals surface area contributed by atoms with Crippen LogP contribution in [0.1, 0.15) is 17.4 Å². The highest BCUT2D eigenvalue weighted by atomic mass is 16.5. The molecule has 6 nitrogen and oxygen atoms in total. The number of methoxy groups -OCH3 is 1. The largest absolute Gasteiger partial charge is 0.457 e. The number of benzene rings is 2. The fraction of sp³-hybridized carbons (Fsp3) is 0.182. The maximum Gasteiger partial charge on any atom is 0.274 e. The van der Waals surface area contributed by atoms with Crippen molar-refractivity contribution in [2.24, 2.45) is 0 Å². The summed E-state index contributed by atoms with van der Waals surface area (Å²) in [5.41, 5.74) is 1.76. The highest BCUT2D eigenvalue weighted by Crippen LogP contribution is 2.24. The van der Waals surface area contributed by atoms with Crippen LogP contribution in [0.5, 0.6) is 11.5 Å². The van der Waals surface area contributed by atoms with Gasteiger partial charge in [0.25, 0.3) is 5.91 Å². The van der Waals surface area contributed by atoms with Crippen molar-refractivity contribution >= 4 is 17.3 Å². The summed E-state index contributed by atoms with van der Waals surface area (Å²) < 4.78 is 10.9. The van der Waals surface area contributed by atoms with Crippen molar-refractivity contribution in [1.29, 1.82) is 0 Å². The fourth-order valence-corrected chi connectivity index (χ4v) is 2.68. The topological polar surface area (TPSA) is 72.5 Å². The van der Waals surface area contributed by atoms with Crippen LogP contribution in [0, 0.1) is 0 Å². The number of para-hydroxylation sites is 3. The predicted molar refractivity (Wildman–Crippen MR) is 110 cm³/mol. The predicted octanol–water partition coefficient (Wildman–Crippen LogP) is 4.57. The zero-order valence-electron chi connectivity index (χ0n) is 15.9. The van der Waals surface area contributed by atoms with E-state index in [1.165, 1.54) is 0 Å². The minimum Gasteiger partial charge on any atom is -0.457 e. The molecular weight excluding hydrogens is 354 g/mol. The van der Waals surface area contributed by atoms with Crippen LogP contribution in [-0.2, 0) is 4.74 Å². The molecule has 0 aliphatic heterocycles. The maximum absolute atomic E-state index is 12.7. The number of anilines is 2. The van der Waals surface area contributed by atoms with Crippen LogP contribution in [-0.4, -0.2) is 30.6 Å². The molecule has 1 aromatic heterocycles. The average molecular weight is 377 g/mol. The minimum atomic E-state index is -0.313. The Kier molecular flexibility index (Phi) is 6.59. The molecule has 0 radical (unpaired) electrons. The fourth-order valence-electron chi connectivity index (χ4n) is 2.68. The lowest BCUT2D eigenvalue weighted by molar-refractivity contribution is 0.102. The molecule has 0 saturated heterocycles. The molecule has 2 N–H and O–H groups in total. The molecule has 0 unspecified atom stereocenters. The monoisotopic (exact) mass is 377 g/mol. The third-order valence-electron chi connectivity index (χ3n) is 3.94. The molecular formula is C22H23N3O3. The van der Waals surface area contributed by atoms with Gasteiger partial charge in [-0.25, -0.2) is 0 Å². The first-order valence-corrected chi connectivity index (χ1v) is 9.00. The van der Waals surface area contributed by atoms with E-state index in [0.717, 1.165) is 5.69 Å². The number of pyridine rings is 1. The zero-order chi connectivity index (χ0) is 19.8. The van der Waals surface area contributed by atoms with E-state index in [2.05, 4.69) is 15.6 Å². The van der Waals surface area contributed by atoms with Crippen molar-refractivity contribution in [2.45, 2.75) is 13.0 Å². The molecule has 1 atom stereocenters. The van der Waals surface area contributed by atoms with Crippen LogP contribution >= 0.6 is 0 Å².